The first-order valence-electron chi connectivity index (χ1n) is 5.74. The van der Waals surface area contributed by atoms with E-state index in [4.69, 9.17) is 5.73 Å². The van der Waals surface area contributed by atoms with Crippen LogP contribution in [-0.4, -0.2) is 27.2 Å². The van der Waals surface area contributed by atoms with E-state index >= 15 is 0 Å². The predicted octanol–water partition coefficient (Wildman–Crippen LogP) is 0.738. The summed E-state index contributed by atoms with van der Waals surface area (Å²) in [6.45, 7) is 2.83. The second kappa shape index (κ2) is 5.47. The number of aryl methyl sites for hydroxylation is 1. The van der Waals surface area contributed by atoms with Crippen molar-refractivity contribution in [1.82, 2.24) is 20.1 Å². The van der Waals surface area contributed by atoms with Gasteiger partial charge in [-0.1, -0.05) is 0 Å². The molecule has 19 heavy (non-hydrogen) atoms. The topological polar surface area (TPSA) is 85.8 Å². The van der Waals surface area contributed by atoms with Crippen molar-refractivity contribution in [2.24, 2.45) is 0 Å². The van der Waals surface area contributed by atoms with E-state index in [9.17, 15) is 9.18 Å². The monoisotopic (exact) mass is 263 g/mol. The Morgan fingerprint density at radius 3 is 3.00 bits per heavy atom. The molecule has 1 amide bonds. The number of halogens is 1. The fraction of sp³-hybridized carbons (Fsp3) is 0.250. The molecule has 0 aliphatic rings. The molecule has 0 atom stereocenters. The lowest BCUT2D eigenvalue weighted by atomic mass is 10.2. The van der Waals surface area contributed by atoms with Gasteiger partial charge in [-0.05, 0) is 18.6 Å². The Labute approximate surface area is 109 Å². The quantitative estimate of drug-likeness (QED) is 0.851. The lowest BCUT2D eigenvalue weighted by Gasteiger charge is -2.07. The van der Waals surface area contributed by atoms with Crippen molar-refractivity contribution in [3.8, 4) is 0 Å². The molecule has 0 aromatic carbocycles. The summed E-state index contributed by atoms with van der Waals surface area (Å²) in [6, 6.07) is 1.07. The minimum atomic E-state index is -0.595. The number of hydrogen-bond acceptors (Lipinski definition) is 4. The third-order valence-corrected chi connectivity index (χ3v) is 2.52. The lowest BCUT2D eigenvalue weighted by Crippen LogP contribution is -2.28. The van der Waals surface area contributed by atoms with E-state index in [-0.39, 0.29) is 11.4 Å². The maximum Gasteiger partial charge on any atom is 0.255 e. The molecule has 0 unspecified atom stereocenters. The molecule has 7 heteroatoms. The number of nitrogens with one attached hydrogen (secondary N) is 1. The molecule has 2 aromatic heterocycles. The lowest BCUT2D eigenvalue weighted by molar-refractivity contribution is 0.0952. The summed E-state index contributed by atoms with van der Waals surface area (Å²) >= 11 is 0. The standard InChI is InChI=1S/C12H14FN5O/c1-8-5-17-18(7-8)3-2-15-12(19)10-4-9(13)6-16-11(10)14/h4-7H,2-3H2,1H3,(H2,14,16)(H,15,19). The van der Waals surface area contributed by atoms with Crippen LogP contribution in [0.4, 0.5) is 10.2 Å². The minimum absolute atomic E-state index is 0.00818. The van der Waals surface area contributed by atoms with E-state index in [0.717, 1.165) is 17.8 Å². The van der Waals surface area contributed by atoms with E-state index < -0.39 is 11.7 Å². The second-order valence-electron chi connectivity index (χ2n) is 4.12. The number of amides is 1. The van der Waals surface area contributed by atoms with Gasteiger partial charge in [-0.15, -0.1) is 0 Å². The SMILES string of the molecule is Cc1cnn(CCNC(=O)c2cc(F)cnc2N)c1. The van der Waals surface area contributed by atoms with E-state index in [1.54, 1.807) is 10.9 Å². The molecule has 2 rings (SSSR count). The number of aromatic nitrogens is 3. The van der Waals surface area contributed by atoms with Gasteiger partial charge in [0.25, 0.3) is 5.91 Å². The van der Waals surface area contributed by atoms with Crippen molar-refractivity contribution in [2.45, 2.75) is 13.5 Å². The van der Waals surface area contributed by atoms with Gasteiger partial charge in [-0.25, -0.2) is 9.37 Å². The highest BCUT2D eigenvalue weighted by molar-refractivity contribution is 5.98. The molecule has 0 saturated heterocycles. The number of hydrogen-bond donors (Lipinski definition) is 2. The summed E-state index contributed by atoms with van der Waals surface area (Å²) in [5.41, 5.74) is 6.61. The fourth-order valence-electron chi connectivity index (χ4n) is 1.60. The van der Waals surface area contributed by atoms with Crippen LogP contribution >= 0.6 is 0 Å². The number of nitrogens with zero attached hydrogens (tertiary/aromatic N) is 3. The normalized spacial score (nSPS) is 10.4. The highest BCUT2D eigenvalue weighted by Crippen LogP contribution is 2.09. The van der Waals surface area contributed by atoms with Crippen LogP contribution in [0.2, 0.25) is 0 Å². The first-order valence-corrected chi connectivity index (χ1v) is 5.74. The number of anilines is 1. The summed E-state index contributed by atoms with van der Waals surface area (Å²) < 4.78 is 14.7. The van der Waals surface area contributed by atoms with Crippen molar-refractivity contribution in [1.29, 1.82) is 0 Å². The third-order valence-electron chi connectivity index (χ3n) is 2.52. The Balaban J connectivity index is 1.92. The molecule has 0 spiro atoms. The van der Waals surface area contributed by atoms with E-state index in [1.807, 2.05) is 13.1 Å². The van der Waals surface area contributed by atoms with Gasteiger partial charge in [0.15, 0.2) is 0 Å². The summed E-state index contributed by atoms with van der Waals surface area (Å²) in [5, 5.41) is 6.72. The predicted molar refractivity (Wildman–Crippen MR) is 67.9 cm³/mol. The first kappa shape index (κ1) is 13.0. The van der Waals surface area contributed by atoms with Crippen molar-refractivity contribution < 1.29 is 9.18 Å². The highest BCUT2D eigenvalue weighted by atomic mass is 19.1. The molecule has 0 bridgehead atoms. The van der Waals surface area contributed by atoms with Crippen molar-refractivity contribution >= 4 is 11.7 Å². The van der Waals surface area contributed by atoms with Gasteiger partial charge in [0.2, 0.25) is 0 Å². The summed E-state index contributed by atoms with van der Waals surface area (Å²) in [4.78, 5) is 15.4. The largest absolute Gasteiger partial charge is 0.383 e. The van der Waals surface area contributed by atoms with Crippen LogP contribution in [0.3, 0.4) is 0 Å². The molecule has 0 aliphatic heterocycles. The molecule has 0 radical (unpaired) electrons. The molecular formula is C12H14FN5O. The van der Waals surface area contributed by atoms with Crippen LogP contribution in [0.1, 0.15) is 15.9 Å². The molecule has 3 N–H and O–H groups in total. The molecule has 0 aliphatic carbocycles. The summed E-state index contributed by atoms with van der Waals surface area (Å²) in [5.74, 6) is -1.04. The van der Waals surface area contributed by atoms with Crippen LogP contribution in [0.25, 0.3) is 0 Å². The zero-order valence-corrected chi connectivity index (χ0v) is 10.4. The second-order valence-corrected chi connectivity index (χ2v) is 4.12. The third kappa shape index (κ3) is 3.27. The Morgan fingerprint density at radius 2 is 2.32 bits per heavy atom. The molecule has 100 valence electrons. The molecule has 0 saturated carbocycles. The van der Waals surface area contributed by atoms with Gasteiger partial charge >= 0.3 is 0 Å². The maximum absolute atomic E-state index is 13.0. The van der Waals surface area contributed by atoms with Crippen molar-refractivity contribution in [3.63, 3.8) is 0 Å². The van der Waals surface area contributed by atoms with Crippen LogP contribution < -0.4 is 11.1 Å². The Kier molecular flexibility index (Phi) is 3.74. The number of rotatable bonds is 4. The van der Waals surface area contributed by atoms with E-state index in [0.29, 0.717) is 13.1 Å². The van der Waals surface area contributed by atoms with Crippen LogP contribution in [0.5, 0.6) is 0 Å². The van der Waals surface area contributed by atoms with Crippen molar-refractivity contribution in [3.05, 3.63) is 41.6 Å². The molecule has 2 heterocycles. The average Bonchev–Trinajstić information content (AvgIpc) is 2.78. The zero-order valence-electron chi connectivity index (χ0n) is 10.4. The van der Waals surface area contributed by atoms with Crippen LogP contribution in [0, 0.1) is 12.7 Å². The van der Waals surface area contributed by atoms with Gasteiger partial charge in [0.1, 0.15) is 11.6 Å². The number of pyridine rings is 1. The zero-order chi connectivity index (χ0) is 13.8. The Hall–Kier alpha value is -2.44. The van der Waals surface area contributed by atoms with Crippen molar-refractivity contribution in [2.75, 3.05) is 12.3 Å². The van der Waals surface area contributed by atoms with Gasteiger partial charge in [0.05, 0.1) is 24.5 Å². The average molecular weight is 263 g/mol. The van der Waals surface area contributed by atoms with Crippen LogP contribution in [-0.2, 0) is 6.54 Å². The van der Waals surface area contributed by atoms with Gasteiger partial charge in [-0.3, -0.25) is 9.48 Å². The van der Waals surface area contributed by atoms with E-state index in [1.165, 1.54) is 0 Å². The van der Waals surface area contributed by atoms with Crippen LogP contribution in [0.15, 0.2) is 24.7 Å². The molecule has 6 nitrogen and oxygen atoms in total. The smallest absolute Gasteiger partial charge is 0.255 e. The maximum atomic E-state index is 13.0. The number of nitrogens with two attached hydrogens (primary N) is 1. The molecule has 2 aromatic rings. The van der Waals surface area contributed by atoms with Gasteiger partial charge < -0.3 is 11.1 Å². The number of carbonyl (C=O) groups is 1. The van der Waals surface area contributed by atoms with E-state index in [2.05, 4.69) is 15.4 Å². The van der Waals surface area contributed by atoms with Gasteiger partial charge in [-0.2, -0.15) is 5.10 Å². The number of carbonyl (C=O) groups excluding carboxylic acids is 1. The fourth-order valence-corrected chi connectivity index (χ4v) is 1.60. The molecular weight excluding hydrogens is 249 g/mol. The number of nitrogen functional groups attached to an aromatic ring is 1. The Morgan fingerprint density at radius 1 is 1.53 bits per heavy atom. The summed E-state index contributed by atoms with van der Waals surface area (Å²) in [6.07, 6.45) is 4.57. The summed E-state index contributed by atoms with van der Waals surface area (Å²) in [7, 11) is 0. The highest BCUT2D eigenvalue weighted by Gasteiger charge is 2.11. The first-order chi connectivity index (χ1) is 9.06. The van der Waals surface area contributed by atoms with Gasteiger partial charge in [0, 0.05) is 12.7 Å². The minimum Gasteiger partial charge on any atom is -0.383 e. The molecule has 0 fully saturated rings. The Bertz CT molecular complexity index is 596.